The van der Waals surface area contributed by atoms with Crippen LogP contribution in [0.2, 0.25) is 0 Å². The van der Waals surface area contributed by atoms with E-state index in [-0.39, 0.29) is 11.4 Å². The number of nitrogen functional groups attached to an aromatic ring is 1. The monoisotopic (exact) mass is 257 g/mol. The molecule has 19 heavy (non-hydrogen) atoms. The molecule has 4 heteroatoms. The summed E-state index contributed by atoms with van der Waals surface area (Å²) in [5.41, 5.74) is 7.41. The maximum Gasteiger partial charge on any atom is 0.170 e. The lowest BCUT2D eigenvalue weighted by Gasteiger charge is -2.05. The Balaban J connectivity index is 2.14. The Morgan fingerprint density at radius 3 is 2.68 bits per heavy atom. The fraction of sp³-hybridized carbons (Fsp3) is 0.0667. The second kappa shape index (κ2) is 4.31. The van der Waals surface area contributed by atoms with E-state index in [1.807, 2.05) is 6.07 Å². The third kappa shape index (κ3) is 1.91. The van der Waals surface area contributed by atoms with Crippen LogP contribution in [0.25, 0.3) is 22.3 Å². The van der Waals surface area contributed by atoms with Gasteiger partial charge in [-0.3, -0.25) is 0 Å². The van der Waals surface area contributed by atoms with Gasteiger partial charge in [-0.05, 0) is 30.3 Å². The first-order chi connectivity index (χ1) is 9.19. The standard InChI is InChI=1S/C15H12FNO2/c1-18-13-6-5-9(7-12(13)17)14-8-10-3-2-4-11(16)15(10)19-14/h2-8H,17H2,1H3. The Morgan fingerprint density at radius 1 is 1.16 bits per heavy atom. The minimum Gasteiger partial charge on any atom is -0.495 e. The molecule has 3 nitrogen and oxygen atoms in total. The lowest BCUT2D eigenvalue weighted by atomic mass is 10.1. The smallest absolute Gasteiger partial charge is 0.170 e. The molecular formula is C15H12FNO2. The molecule has 0 unspecified atom stereocenters. The van der Waals surface area contributed by atoms with Crippen LogP contribution in [0.3, 0.4) is 0 Å². The van der Waals surface area contributed by atoms with E-state index in [4.69, 9.17) is 14.9 Å². The highest BCUT2D eigenvalue weighted by Gasteiger charge is 2.10. The first-order valence-corrected chi connectivity index (χ1v) is 5.81. The van der Waals surface area contributed by atoms with Crippen LogP contribution in [-0.2, 0) is 0 Å². The predicted octanol–water partition coefficient (Wildman–Crippen LogP) is 3.83. The zero-order chi connectivity index (χ0) is 13.4. The van der Waals surface area contributed by atoms with E-state index in [0.717, 1.165) is 10.9 Å². The molecule has 1 aromatic heterocycles. The number of anilines is 1. The van der Waals surface area contributed by atoms with Crippen molar-refractivity contribution in [2.75, 3.05) is 12.8 Å². The van der Waals surface area contributed by atoms with Gasteiger partial charge in [0.15, 0.2) is 11.4 Å². The highest BCUT2D eigenvalue weighted by atomic mass is 19.1. The average Bonchev–Trinajstić information content (AvgIpc) is 2.84. The Labute approximate surface area is 109 Å². The van der Waals surface area contributed by atoms with Gasteiger partial charge in [-0.25, -0.2) is 4.39 Å². The zero-order valence-corrected chi connectivity index (χ0v) is 10.3. The number of hydrogen-bond donors (Lipinski definition) is 1. The molecule has 0 saturated carbocycles. The molecule has 2 aromatic carbocycles. The van der Waals surface area contributed by atoms with Crippen LogP contribution in [0.4, 0.5) is 10.1 Å². The quantitative estimate of drug-likeness (QED) is 0.710. The van der Waals surface area contributed by atoms with Gasteiger partial charge in [-0.1, -0.05) is 12.1 Å². The number of rotatable bonds is 2. The molecule has 0 aliphatic heterocycles. The fourth-order valence-electron chi connectivity index (χ4n) is 2.06. The van der Waals surface area contributed by atoms with Crippen LogP contribution in [-0.4, -0.2) is 7.11 Å². The SMILES string of the molecule is COc1ccc(-c2cc3cccc(F)c3o2)cc1N. The zero-order valence-electron chi connectivity index (χ0n) is 10.3. The highest BCUT2D eigenvalue weighted by Crippen LogP contribution is 2.32. The maximum absolute atomic E-state index is 13.6. The van der Waals surface area contributed by atoms with Gasteiger partial charge in [0, 0.05) is 10.9 Å². The van der Waals surface area contributed by atoms with Crippen LogP contribution in [0, 0.1) is 5.82 Å². The van der Waals surface area contributed by atoms with Crippen molar-refractivity contribution in [1.29, 1.82) is 0 Å². The van der Waals surface area contributed by atoms with Crippen molar-refractivity contribution in [3.63, 3.8) is 0 Å². The molecule has 3 aromatic rings. The second-order valence-corrected chi connectivity index (χ2v) is 4.23. The Bertz CT molecular complexity index is 749. The molecule has 2 N–H and O–H groups in total. The van der Waals surface area contributed by atoms with Gasteiger partial charge in [0.05, 0.1) is 12.8 Å². The Morgan fingerprint density at radius 2 is 2.00 bits per heavy atom. The summed E-state index contributed by atoms with van der Waals surface area (Å²) in [7, 11) is 1.56. The average molecular weight is 257 g/mol. The number of para-hydroxylation sites is 1. The Hall–Kier alpha value is -2.49. The second-order valence-electron chi connectivity index (χ2n) is 4.23. The van der Waals surface area contributed by atoms with Crippen molar-refractivity contribution in [2.45, 2.75) is 0 Å². The Kier molecular flexibility index (Phi) is 2.63. The number of fused-ring (bicyclic) bond motifs is 1. The van der Waals surface area contributed by atoms with E-state index in [9.17, 15) is 4.39 Å². The van der Waals surface area contributed by atoms with Gasteiger partial charge in [0.25, 0.3) is 0 Å². The third-order valence-electron chi connectivity index (χ3n) is 3.01. The summed E-state index contributed by atoms with van der Waals surface area (Å²) in [5.74, 6) is 0.811. The van der Waals surface area contributed by atoms with Crippen molar-refractivity contribution in [1.82, 2.24) is 0 Å². The summed E-state index contributed by atoms with van der Waals surface area (Å²) >= 11 is 0. The van der Waals surface area contributed by atoms with Crippen molar-refractivity contribution in [3.8, 4) is 17.1 Å². The number of hydrogen-bond acceptors (Lipinski definition) is 3. The first kappa shape index (κ1) is 11.6. The number of nitrogens with two attached hydrogens (primary N) is 1. The molecule has 0 saturated heterocycles. The van der Waals surface area contributed by atoms with Gasteiger partial charge in [-0.15, -0.1) is 0 Å². The number of benzene rings is 2. The molecular weight excluding hydrogens is 245 g/mol. The molecule has 0 aliphatic rings. The van der Waals surface area contributed by atoms with Gasteiger partial charge < -0.3 is 14.9 Å². The van der Waals surface area contributed by atoms with E-state index >= 15 is 0 Å². The van der Waals surface area contributed by atoms with Crippen molar-refractivity contribution < 1.29 is 13.5 Å². The summed E-state index contributed by atoms with van der Waals surface area (Å²) in [4.78, 5) is 0. The number of ether oxygens (including phenoxy) is 1. The number of methoxy groups -OCH3 is 1. The van der Waals surface area contributed by atoms with Crippen molar-refractivity contribution in [2.24, 2.45) is 0 Å². The molecule has 0 aliphatic carbocycles. The third-order valence-corrected chi connectivity index (χ3v) is 3.01. The lowest BCUT2D eigenvalue weighted by Crippen LogP contribution is -1.92. The summed E-state index contributed by atoms with van der Waals surface area (Å²) in [6, 6.07) is 11.9. The molecule has 96 valence electrons. The van der Waals surface area contributed by atoms with Gasteiger partial charge in [0.1, 0.15) is 11.5 Å². The van der Waals surface area contributed by atoms with E-state index in [2.05, 4.69) is 0 Å². The summed E-state index contributed by atoms with van der Waals surface area (Å²) in [5, 5.41) is 0.726. The fourth-order valence-corrected chi connectivity index (χ4v) is 2.06. The van der Waals surface area contributed by atoms with E-state index in [0.29, 0.717) is 17.2 Å². The van der Waals surface area contributed by atoms with Gasteiger partial charge >= 0.3 is 0 Å². The van der Waals surface area contributed by atoms with Crippen molar-refractivity contribution >= 4 is 16.7 Å². The largest absolute Gasteiger partial charge is 0.495 e. The van der Waals surface area contributed by atoms with Crippen molar-refractivity contribution in [3.05, 3.63) is 48.3 Å². The molecule has 0 spiro atoms. The minimum atomic E-state index is -0.370. The lowest BCUT2D eigenvalue weighted by molar-refractivity contribution is 0.417. The van der Waals surface area contributed by atoms with E-state index < -0.39 is 0 Å². The molecule has 0 fully saturated rings. The van der Waals surface area contributed by atoms with E-state index in [1.165, 1.54) is 6.07 Å². The normalized spacial score (nSPS) is 10.8. The topological polar surface area (TPSA) is 48.4 Å². The summed E-state index contributed by atoms with van der Waals surface area (Å²) in [6.07, 6.45) is 0. The molecule has 3 rings (SSSR count). The number of halogens is 1. The molecule has 0 amide bonds. The van der Waals surface area contributed by atoms with Gasteiger partial charge in [-0.2, -0.15) is 0 Å². The minimum absolute atomic E-state index is 0.256. The molecule has 0 bridgehead atoms. The predicted molar refractivity (Wildman–Crippen MR) is 72.6 cm³/mol. The number of furan rings is 1. The summed E-state index contributed by atoms with van der Waals surface area (Å²) in [6.45, 7) is 0. The van der Waals surface area contributed by atoms with Crippen LogP contribution < -0.4 is 10.5 Å². The molecule has 1 heterocycles. The molecule has 0 radical (unpaired) electrons. The summed E-state index contributed by atoms with van der Waals surface area (Å²) < 4.78 is 24.2. The van der Waals surface area contributed by atoms with Crippen LogP contribution >= 0.6 is 0 Å². The molecule has 0 atom stereocenters. The first-order valence-electron chi connectivity index (χ1n) is 5.81. The van der Waals surface area contributed by atoms with E-state index in [1.54, 1.807) is 37.4 Å². The van der Waals surface area contributed by atoms with Crippen LogP contribution in [0.5, 0.6) is 5.75 Å². The van der Waals surface area contributed by atoms with Crippen LogP contribution in [0.1, 0.15) is 0 Å². The van der Waals surface area contributed by atoms with Crippen LogP contribution in [0.15, 0.2) is 46.9 Å². The maximum atomic E-state index is 13.6. The highest BCUT2D eigenvalue weighted by molar-refractivity contribution is 5.84. The van der Waals surface area contributed by atoms with Gasteiger partial charge in [0.2, 0.25) is 0 Å².